The van der Waals surface area contributed by atoms with Gasteiger partial charge in [-0.15, -0.1) is 11.3 Å². The second-order valence-electron chi connectivity index (χ2n) is 4.41. The van der Waals surface area contributed by atoms with E-state index in [1.165, 1.54) is 29.5 Å². The molecule has 0 saturated heterocycles. The van der Waals surface area contributed by atoms with Crippen molar-refractivity contribution < 1.29 is 9.18 Å². The predicted molar refractivity (Wildman–Crippen MR) is 80.9 cm³/mol. The average Bonchev–Trinajstić information content (AvgIpc) is 2.93. The first-order chi connectivity index (χ1) is 10.2. The number of fused-ring (bicyclic) bond motifs is 1. The molecule has 3 nitrogen and oxygen atoms in total. The number of anilines is 1. The Morgan fingerprint density at radius 1 is 1.24 bits per heavy atom. The number of thiophene rings is 1. The Morgan fingerprint density at radius 2 is 2.05 bits per heavy atom. The quantitative estimate of drug-likeness (QED) is 0.771. The average molecular weight is 296 g/mol. The van der Waals surface area contributed by atoms with E-state index in [9.17, 15) is 9.18 Å². The summed E-state index contributed by atoms with van der Waals surface area (Å²) in [6, 6.07) is 13.3. The molecular formula is C16H9FN2OS. The van der Waals surface area contributed by atoms with Crippen LogP contribution in [0, 0.1) is 17.1 Å². The first-order valence-corrected chi connectivity index (χ1v) is 7.04. The molecule has 21 heavy (non-hydrogen) atoms. The normalized spacial score (nSPS) is 10.3. The van der Waals surface area contributed by atoms with Gasteiger partial charge in [-0.1, -0.05) is 18.2 Å². The second-order valence-corrected chi connectivity index (χ2v) is 5.32. The number of nitriles is 1. The van der Waals surface area contributed by atoms with Gasteiger partial charge in [0.2, 0.25) is 0 Å². The third-order valence-electron chi connectivity index (χ3n) is 3.07. The number of halogens is 1. The molecule has 1 amide bonds. The van der Waals surface area contributed by atoms with Gasteiger partial charge in [-0.05, 0) is 24.3 Å². The van der Waals surface area contributed by atoms with Crippen molar-refractivity contribution >= 4 is 33.0 Å². The van der Waals surface area contributed by atoms with Crippen molar-refractivity contribution in [3.05, 3.63) is 64.8 Å². The summed E-state index contributed by atoms with van der Waals surface area (Å²) in [5, 5.41) is 14.2. The van der Waals surface area contributed by atoms with E-state index in [0.717, 1.165) is 10.1 Å². The molecule has 0 aliphatic rings. The summed E-state index contributed by atoms with van der Waals surface area (Å²) in [4.78, 5) is 12.3. The topological polar surface area (TPSA) is 52.9 Å². The summed E-state index contributed by atoms with van der Waals surface area (Å²) < 4.78 is 14.3. The van der Waals surface area contributed by atoms with Crippen LogP contribution in [0.25, 0.3) is 10.1 Å². The van der Waals surface area contributed by atoms with Crippen LogP contribution in [0.2, 0.25) is 0 Å². The predicted octanol–water partition coefficient (Wildman–Crippen LogP) is 4.16. The highest BCUT2D eigenvalue weighted by Crippen LogP contribution is 2.26. The minimum absolute atomic E-state index is 0.0945. The van der Waals surface area contributed by atoms with Gasteiger partial charge in [0.05, 0.1) is 11.1 Å². The number of benzene rings is 2. The minimum atomic E-state index is -0.600. The SMILES string of the molecule is N#Cc1cc(NC(=O)c2csc3ccccc23)ccc1F. The highest BCUT2D eigenvalue weighted by Gasteiger charge is 2.13. The smallest absolute Gasteiger partial charge is 0.257 e. The number of hydrogen-bond acceptors (Lipinski definition) is 3. The zero-order valence-corrected chi connectivity index (χ0v) is 11.6. The lowest BCUT2D eigenvalue weighted by molar-refractivity contribution is 0.102. The van der Waals surface area contributed by atoms with Crippen LogP contribution in [0.15, 0.2) is 47.8 Å². The number of nitrogens with one attached hydrogen (secondary N) is 1. The molecular weight excluding hydrogens is 287 g/mol. The van der Waals surface area contributed by atoms with E-state index in [0.29, 0.717) is 11.3 Å². The summed E-state index contributed by atoms with van der Waals surface area (Å²) in [6.07, 6.45) is 0. The number of carbonyl (C=O) groups is 1. The first kappa shape index (κ1) is 13.3. The Morgan fingerprint density at radius 3 is 2.86 bits per heavy atom. The highest BCUT2D eigenvalue weighted by molar-refractivity contribution is 7.17. The van der Waals surface area contributed by atoms with Gasteiger partial charge in [0, 0.05) is 21.2 Å². The molecule has 0 aliphatic heterocycles. The molecule has 0 fully saturated rings. The largest absolute Gasteiger partial charge is 0.322 e. The van der Waals surface area contributed by atoms with Crippen molar-refractivity contribution in [1.82, 2.24) is 0 Å². The summed E-state index contributed by atoms with van der Waals surface area (Å²) in [5.74, 6) is -0.876. The molecule has 2 aromatic carbocycles. The van der Waals surface area contributed by atoms with Crippen LogP contribution in [-0.4, -0.2) is 5.91 Å². The fraction of sp³-hybridized carbons (Fsp3) is 0. The summed E-state index contributed by atoms with van der Waals surface area (Å²) in [7, 11) is 0. The van der Waals surface area contributed by atoms with Crippen molar-refractivity contribution in [2.75, 3.05) is 5.32 Å². The molecule has 5 heteroatoms. The Kier molecular flexibility index (Phi) is 3.38. The van der Waals surface area contributed by atoms with Crippen molar-refractivity contribution in [2.45, 2.75) is 0 Å². The van der Waals surface area contributed by atoms with Crippen LogP contribution < -0.4 is 5.32 Å². The Hall–Kier alpha value is -2.71. The molecule has 1 heterocycles. The fourth-order valence-corrected chi connectivity index (χ4v) is 2.98. The summed E-state index contributed by atoms with van der Waals surface area (Å²) in [6.45, 7) is 0. The van der Waals surface area contributed by atoms with Crippen LogP contribution in [0.5, 0.6) is 0 Å². The lowest BCUT2D eigenvalue weighted by Crippen LogP contribution is -2.11. The second kappa shape index (κ2) is 5.35. The van der Waals surface area contributed by atoms with Gasteiger partial charge in [0.25, 0.3) is 5.91 Å². The number of amides is 1. The van der Waals surface area contributed by atoms with Gasteiger partial charge in [-0.2, -0.15) is 5.26 Å². The van der Waals surface area contributed by atoms with Crippen molar-refractivity contribution in [3.8, 4) is 6.07 Å². The van der Waals surface area contributed by atoms with Gasteiger partial charge in [-0.25, -0.2) is 4.39 Å². The molecule has 102 valence electrons. The fourth-order valence-electron chi connectivity index (χ4n) is 2.04. The monoisotopic (exact) mass is 296 g/mol. The van der Waals surface area contributed by atoms with E-state index in [-0.39, 0.29) is 11.5 Å². The van der Waals surface area contributed by atoms with E-state index in [1.54, 1.807) is 11.4 Å². The maximum Gasteiger partial charge on any atom is 0.257 e. The standard InChI is InChI=1S/C16H9FN2OS/c17-14-6-5-11(7-10(14)8-18)19-16(20)13-9-21-15-4-2-1-3-12(13)15/h1-7,9H,(H,19,20). The van der Waals surface area contributed by atoms with Gasteiger partial charge < -0.3 is 5.32 Å². The number of carbonyl (C=O) groups excluding carboxylic acids is 1. The molecule has 3 aromatic rings. The van der Waals surface area contributed by atoms with Crippen molar-refractivity contribution in [3.63, 3.8) is 0 Å². The van der Waals surface area contributed by atoms with Crippen molar-refractivity contribution in [1.29, 1.82) is 5.26 Å². The molecule has 0 bridgehead atoms. The van der Waals surface area contributed by atoms with Crippen LogP contribution in [0.3, 0.4) is 0 Å². The third-order valence-corrected chi connectivity index (χ3v) is 4.03. The Bertz CT molecular complexity index is 879. The van der Waals surface area contributed by atoms with E-state index >= 15 is 0 Å². The van der Waals surface area contributed by atoms with Gasteiger partial charge in [0.1, 0.15) is 11.9 Å². The zero-order chi connectivity index (χ0) is 14.8. The van der Waals surface area contributed by atoms with E-state index in [1.807, 2.05) is 24.3 Å². The molecule has 0 aliphatic carbocycles. The molecule has 0 saturated carbocycles. The highest BCUT2D eigenvalue weighted by atomic mass is 32.1. The third kappa shape index (κ3) is 2.49. The molecule has 1 aromatic heterocycles. The molecule has 3 rings (SSSR count). The zero-order valence-electron chi connectivity index (χ0n) is 10.8. The van der Waals surface area contributed by atoms with E-state index in [4.69, 9.17) is 5.26 Å². The molecule has 0 atom stereocenters. The number of rotatable bonds is 2. The maximum atomic E-state index is 13.3. The summed E-state index contributed by atoms with van der Waals surface area (Å²) in [5.41, 5.74) is 0.870. The molecule has 0 unspecified atom stereocenters. The van der Waals surface area contributed by atoms with Crippen LogP contribution in [0.4, 0.5) is 10.1 Å². The van der Waals surface area contributed by atoms with Crippen LogP contribution in [0.1, 0.15) is 15.9 Å². The lowest BCUT2D eigenvalue weighted by atomic mass is 10.1. The summed E-state index contributed by atoms with van der Waals surface area (Å²) >= 11 is 1.49. The van der Waals surface area contributed by atoms with Gasteiger partial charge in [-0.3, -0.25) is 4.79 Å². The molecule has 0 spiro atoms. The minimum Gasteiger partial charge on any atom is -0.322 e. The van der Waals surface area contributed by atoms with E-state index < -0.39 is 5.82 Å². The molecule has 1 N–H and O–H groups in total. The number of hydrogen-bond donors (Lipinski definition) is 1. The number of nitrogens with zero attached hydrogens (tertiary/aromatic N) is 1. The maximum absolute atomic E-state index is 13.3. The van der Waals surface area contributed by atoms with Crippen molar-refractivity contribution in [2.24, 2.45) is 0 Å². The van der Waals surface area contributed by atoms with Crippen LogP contribution >= 0.6 is 11.3 Å². The first-order valence-electron chi connectivity index (χ1n) is 6.16. The van der Waals surface area contributed by atoms with Gasteiger partial charge in [0.15, 0.2) is 0 Å². The Balaban J connectivity index is 1.92. The van der Waals surface area contributed by atoms with Gasteiger partial charge >= 0.3 is 0 Å². The molecule has 0 radical (unpaired) electrons. The van der Waals surface area contributed by atoms with Crippen LogP contribution in [-0.2, 0) is 0 Å². The Labute approximate surface area is 124 Å². The van der Waals surface area contributed by atoms with E-state index in [2.05, 4.69) is 5.32 Å². The lowest BCUT2D eigenvalue weighted by Gasteiger charge is -2.05.